The van der Waals surface area contributed by atoms with Gasteiger partial charge in [-0.25, -0.2) is 13.8 Å². The molecule has 3 heterocycles. The lowest BCUT2D eigenvalue weighted by Gasteiger charge is -2.36. The van der Waals surface area contributed by atoms with Gasteiger partial charge in [-0.1, -0.05) is 0 Å². The fraction of sp³-hybridized carbons (Fsp3) is 0.318. The third kappa shape index (κ3) is 3.86. The highest BCUT2D eigenvalue weighted by Crippen LogP contribution is 2.40. The number of rotatable bonds is 3. The van der Waals surface area contributed by atoms with E-state index in [0.29, 0.717) is 12.6 Å². The highest BCUT2D eigenvalue weighted by Gasteiger charge is 2.55. The molecule has 3 aromatic rings. The minimum atomic E-state index is -4.94. The van der Waals surface area contributed by atoms with Crippen LogP contribution >= 0.6 is 0 Å². The molecular formula is C22H19F5N4O2. The molecule has 11 heteroatoms. The number of benzene rings is 1. The van der Waals surface area contributed by atoms with Crippen LogP contribution in [0.2, 0.25) is 0 Å². The van der Waals surface area contributed by atoms with Gasteiger partial charge in [0.1, 0.15) is 11.6 Å². The molecule has 1 aliphatic rings. The smallest absolute Gasteiger partial charge is 0.374 e. The van der Waals surface area contributed by atoms with Crippen LogP contribution in [0.15, 0.2) is 42.9 Å². The first-order valence-corrected chi connectivity index (χ1v) is 9.96. The number of hydrogen-bond acceptors (Lipinski definition) is 4. The number of imidazole rings is 1. The van der Waals surface area contributed by atoms with Crippen LogP contribution in [0.4, 0.5) is 22.0 Å². The van der Waals surface area contributed by atoms with Crippen LogP contribution in [0.1, 0.15) is 41.8 Å². The molecule has 0 unspecified atom stereocenters. The molecule has 1 amide bonds. The fourth-order valence-electron chi connectivity index (χ4n) is 3.95. The summed E-state index contributed by atoms with van der Waals surface area (Å²) in [7, 11) is 0. The lowest BCUT2D eigenvalue weighted by Crippen LogP contribution is -2.45. The summed E-state index contributed by atoms with van der Waals surface area (Å²) >= 11 is 0. The zero-order valence-electron chi connectivity index (χ0n) is 17.6. The van der Waals surface area contributed by atoms with Crippen molar-refractivity contribution in [2.45, 2.75) is 38.2 Å². The first kappa shape index (κ1) is 22.8. The number of pyridine rings is 1. The normalized spacial score (nSPS) is 18.1. The molecule has 0 saturated carbocycles. The van der Waals surface area contributed by atoms with Gasteiger partial charge in [-0.3, -0.25) is 9.78 Å². The van der Waals surface area contributed by atoms with Crippen LogP contribution in [0.5, 0.6) is 0 Å². The quantitative estimate of drug-likeness (QED) is 0.587. The molecule has 0 bridgehead atoms. The van der Waals surface area contributed by atoms with Crippen LogP contribution in [-0.2, 0) is 12.1 Å². The molecule has 2 aromatic heterocycles. The molecule has 0 saturated heterocycles. The summed E-state index contributed by atoms with van der Waals surface area (Å²) in [6.07, 6.45) is -1.51. The van der Waals surface area contributed by atoms with Crippen molar-refractivity contribution in [3.05, 3.63) is 71.6 Å². The Morgan fingerprint density at radius 2 is 1.85 bits per heavy atom. The Hall–Kier alpha value is -3.34. The van der Waals surface area contributed by atoms with Crippen molar-refractivity contribution in [3.63, 3.8) is 0 Å². The number of carbonyl (C=O) groups is 1. The number of carbonyl (C=O) groups excluding carboxylic acids is 1. The van der Waals surface area contributed by atoms with E-state index in [2.05, 4.69) is 9.97 Å². The van der Waals surface area contributed by atoms with Crippen LogP contribution in [0.3, 0.4) is 0 Å². The lowest BCUT2D eigenvalue weighted by atomic mass is 10.0. The second-order valence-corrected chi connectivity index (χ2v) is 8.10. The van der Waals surface area contributed by atoms with E-state index in [9.17, 15) is 31.9 Å². The van der Waals surface area contributed by atoms with Gasteiger partial charge in [-0.05, 0) is 38.1 Å². The summed E-state index contributed by atoms with van der Waals surface area (Å²) in [5.41, 5.74) is -2.93. The van der Waals surface area contributed by atoms with E-state index >= 15 is 0 Å². The van der Waals surface area contributed by atoms with Crippen molar-refractivity contribution in [2.75, 3.05) is 6.54 Å². The zero-order valence-corrected chi connectivity index (χ0v) is 17.6. The van der Waals surface area contributed by atoms with E-state index in [-0.39, 0.29) is 29.8 Å². The molecule has 2 atom stereocenters. The Morgan fingerprint density at radius 1 is 1.12 bits per heavy atom. The number of aliphatic hydroxyl groups is 1. The Kier molecular flexibility index (Phi) is 5.47. The predicted octanol–water partition coefficient (Wildman–Crippen LogP) is 4.21. The maximum atomic E-state index is 14.4. The molecule has 0 spiro atoms. The number of halogens is 5. The average molecular weight is 466 g/mol. The SMILES string of the molecule is C[C@H]1CN(C(=O)c2ccc(F)c(-c3ccncc3F)c2)Cc2cnc([C@@](C)(O)C(F)(F)F)n21. The molecule has 4 rings (SSSR count). The monoisotopic (exact) mass is 466 g/mol. The lowest BCUT2D eigenvalue weighted by molar-refractivity contribution is -0.263. The number of aromatic nitrogens is 3. The van der Waals surface area contributed by atoms with Crippen LogP contribution in [0.25, 0.3) is 11.1 Å². The maximum absolute atomic E-state index is 14.4. The zero-order chi connectivity index (χ0) is 24.1. The van der Waals surface area contributed by atoms with Gasteiger partial charge in [-0.2, -0.15) is 13.2 Å². The maximum Gasteiger partial charge on any atom is 0.424 e. The minimum absolute atomic E-state index is 0.0272. The fourth-order valence-corrected chi connectivity index (χ4v) is 3.95. The Morgan fingerprint density at radius 3 is 2.52 bits per heavy atom. The van der Waals surface area contributed by atoms with Gasteiger partial charge in [0, 0.05) is 29.4 Å². The third-order valence-electron chi connectivity index (χ3n) is 5.70. The van der Waals surface area contributed by atoms with Gasteiger partial charge in [0.15, 0.2) is 5.82 Å². The minimum Gasteiger partial charge on any atom is -0.374 e. The van der Waals surface area contributed by atoms with Crippen molar-refractivity contribution >= 4 is 5.91 Å². The molecule has 1 aliphatic heterocycles. The molecule has 174 valence electrons. The van der Waals surface area contributed by atoms with Crippen molar-refractivity contribution in [1.82, 2.24) is 19.4 Å². The summed E-state index contributed by atoms with van der Waals surface area (Å²) in [4.78, 5) is 21.9. The first-order chi connectivity index (χ1) is 15.4. The Labute approximate surface area is 185 Å². The van der Waals surface area contributed by atoms with Crippen LogP contribution < -0.4 is 0 Å². The summed E-state index contributed by atoms with van der Waals surface area (Å²) < 4.78 is 69.7. The molecule has 33 heavy (non-hydrogen) atoms. The third-order valence-corrected chi connectivity index (χ3v) is 5.70. The van der Waals surface area contributed by atoms with Gasteiger partial charge in [-0.15, -0.1) is 0 Å². The molecule has 1 N–H and O–H groups in total. The van der Waals surface area contributed by atoms with Crippen molar-refractivity contribution in [2.24, 2.45) is 0 Å². The van der Waals surface area contributed by atoms with Crippen LogP contribution in [0, 0.1) is 11.6 Å². The van der Waals surface area contributed by atoms with E-state index in [4.69, 9.17) is 0 Å². The van der Waals surface area contributed by atoms with E-state index in [0.717, 1.165) is 12.3 Å². The average Bonchev–Trinajstić information content (AvgIpc) is 3.19. The Bertz CT molecular complexity index is 1220. The number of amides is 1. The van der Waals surface area contributed by atoms with Crippen LogP contribution in [-0.4, -0.2) is 43.2 Å². The van der Waals surface area contributed by atoms with E-state index in [1.54, 1.807) is 6.92 Å². The first-order valence-electron chi connectivity index (χ1n) is 9.96. The molecule has 0 fully saturated rings. The summed E-state index contributed by atoms with van der Waals surface area (Å²) in [6.45, 7) is 2.19. The van der Waals surface area contributed by atoms with Gasteiger partial charge in [0.05, 0.1) is 30.7 Å². The van der Waals surface area contributed by atoms with Crippen molar-refractivity contribution < 1.29 is 31.9 Å². The topological polar surface area (TPSA) is 71.2 Å². The second kappa shape index (κ2) is 7.91. The second-order valence-electron chi connectivity index (χ2n) is 8.10. The summed E-state index contributed by atoms with van der Waals surface area (Å²) in [6, 6.07) is 4.21. The summed E-state index contributed by atoms with van der Waals surface area (Å²) in [5.74, 6) is -2.53. The van der Waals surface area contributed by atoms with E-state index in [1.807, 2.05) is 0 Å². The van der Waals surface area contributed by atoms with Gasteiger partial charge >= 0.3 is 6.18 Å². The molecular weight excluding hydrogens is 447 g/mol. The molecule has 0 radical (unpaired) electrons. The highest BCUT2D eigenvalue weighted by atomic mass is 19.4. The predicted molar refractivity (Wildman–Crippen MR) is 107 cm³/mol. The number of nitrogens with zero attached hydrogens (tertiary/aromatic N) is 4. The number of fused-ring (bicyclic) bond motifs is 1. The van der Waals surface area contributed by atoms with Gasteiger partial charge in [0.25, 0.3) is 5.91 Å². The van der Waals surface area contributed by atoms with E-state index < -0.39 is 41.2 Å². The van der Waals surface area contributed by atoms with Gasteiger partial charge < -0.3 is 14.6 Å². The largest absolute Gasteiger partial charge is 0.424 e. The standard InChI is InChI=1S/C22H19F5N4O2/c1-12-10-30(11-14-8-29-20(31(12)14)21(2,33)22(25,26)27)19(32)13-3-4-17(23)16(7-13)15-5-6-28-9-18(15)24/h3-9,12,33H,10-11H2,1-2H3/t12-,21+/m0/s1. The highest BCUT2D eigenvalue weighted by molar-refractivity contribution is 5.95. The number of hydrogen-bond donors (Lipinski definition) is 1. The number of alkyl halides is 3. The van der Waals surface area contributed by atoms with Crippen molar-refractivity contribution in [3.8, 4) is 11.1 Å². The van der Waals surface area contributed by atoms with E-state index in [1.165, 1.54) is 40.1 Å². The summed E-state index contributed by atoms with van der Waals surface area (Å²) in [5, 5.41) is 10.1. The Balaban J connectivity index is 1.65. The van der Waals surface area contributed by atoms with Gasteiger partial charge in [0.2, 0.25) is 5.60 Å². The molecule has 6 nitrogen and oxygen atoms in total. The van der Waals surface area contributed by atoms with Crippen molar-refractivity contribution in [1.29, 1.82) is 0 Å². The molecule has 0 aliphatic carbocycles. The molecule has 1 aromatic carbocycles.